The first kappa shape index (κ1) is 13.8. The fourth-order valence-corrected chi connectivity index (χ4v) is 0.807. The maximum atomic E-state index is 11.1. The number of amides is 1. The molecule has 0 aliphatic carbocycles. The standard InChI is InChI=1S/C8H16N2O5/c1-15-3-2-9-4-7(12)10-6(5-11)8(13)14/h6,9,11H,2-5H2,1H3,(H,10,12)(H,13,14). The van der Waals surface area contributed by atoms with E-state index >= 15 is 0 Å². The third-order valence-electron chi connectivity index (χ3n) is 1.58. The van der Waals surface area contributed by atoms with Gasteiger partial charge in [0.05, 0.1) is 19.8 Å². The van der Waals surface area contributed by atoms with Crippen molar-refractivity contribution in [2.24, 2.45) is 0 Å². The van der Waals surface area contributed by atoms with E-state index in [-0.39, 0.29) is 6.54 Å². The zero-order chi connectivity index (χ0) is 11.7. The van der Waals surface area contributed by atoms with Gasteiger partial charge in [-0.25, -0.2) is 4.79 Å². The van der Waals surface area contributed by atoms with Crippen molar-refractivity contribution in [3.63, 3.8) is 0 Å². The van der Waals surface area contributed by atoms with Crippen LogP contribution in [0.2, 0.25) is 0 Å². The van der Waals surface area contributed by atoms with Gasteiger partial charge in [-0.05, 0) is 0 Å². The van der Waals surface area contributed by atoms with Crippen LogP contribution in [0.5, 0.6) is 0 Å². The molecule has 0 rings (SSSR count). The Morgan fingerprint density at radius 3 is 2.60 bits per heavy atom. The molecule has 1 unspecified atom stereocenters. The molecule has 0 fully saturated rings. The minimum atomic E-state index is -1.26. The lowest BCUT2D eigenvalue weighted by Gasteiger charge is -2.11. The zero-order valence-electron chi connectivity index (χ0n) is 8.52. The van der Waals surface area contributed by atoms with Crippen molar-refractivity contribution >= 4 is 11.9 Å². The summed E-state index contributed by atoms with van der Waals surface area (Å²) in [6.45, 7) is 0.336. The highest BCUT2D eigenvalue weighted by Crippen LogP contribution is 1.81. The second-order valence-electron chi connectivity index (χ2n) is 2.81. The number of aliphatic carboxylic acids is 1. The lowest BCUT2D eigenvalue weighted by atomic mass is 10.3. The largest absolute Gasteiger partial charge is 0.480 e. The fourth-order valence-electron chi connectivity index (χ4n) is 0.807. The molecule has 0 aliphatic rings. The molecular weight excluding hydrogens is 204 g/mol. The van der Waals surface area contributed by atoms with Crippen LogP contribution < -0.4 is 10.6 Å². The topological polar surface area (TPSA) is 108 Å². The van der Waals surface area contributed by atoms with Crippen molar-refractivity contribution in [3.8, 4) is 0 Å². The van der Waals surface area contributed by atoms with E-state index in [0.717, 1.165) is 0 Å². The Balaban J connectivity index is 3.67. The maximum absolute atomic E-state index is 11.1. The number of hydrogen-bond acceptors (Lipinski definition) is 5. The molecule has 0 saturated heterocycles. The minimum absolute atomic E-state index is 0.00681. The van der Waals surface area contributed by atoms with Gasteiger partial charge in [0, 0.05) is 13.7 Å². The van der Waals surface area contributed by atoms with Gasteiger partial charge in [0.1, 0.15) is 6.04 Å². The van der Waals surface area contributed by atoms with E-state index in [2.05, 4.69) is 10.6 Å². The van der Waals surface area contributed by atoms with Crippen LogP contribution in [-0.4, -0.2) is 61.5 Å². The summed E-state index contributed by atoms with van der Waals surface area (Å²) >= 11 is 0. The van der Waals surface area contributed by atoms with Crippen LogP contribution in [0.25, 0.3) is 0 Å². The third-order valence-corrected chi connectivity index (χ3v) is 1.58. The molecule has 0 spiro atoms. The van der Waals surface area contributed by atoms with Crippen molar-refractivity contribution in [2.45, 2.75) is 6.04 Å². The summed E-state index contributed by atoms with van der Waals surface area (Å²) in [5.41, 5.74) is 0. The van der Waals surface area contributed by atoms with Gasteiger partial charge in [0.15, 0.2) is 0 Å². The van der Waals surface area contributed by atoms with Gasteiger partial charge >= 0.3 is 5.97 Å². The number of carbonyl (C=O) groups is 2. The van der Waals surface area contributed by atoms with Crippen LogP contribution >= 0.6 is 0 Å². The molecule has 0 heterocycles. The SMILES string of the molecule is COCCNCC(=O)NC(CO)C(=O)O. The number of carbonyl (C=O) groups excluding carboxylic acids is 1. The molecule has 0 aliphatic heterocycles. The third kappa shape index (κ3) is 6.83. The monoisotopic (exact) mass is 220 g/mol. The predicted octanol–water partition coefficient (Wildman–Crippen LogP) is -2.22. The molecule has 7 heteroatoms. The lowest BCUT2D eigenvalue weighted by molar-refractivity contribution is -0.142. The maximum Gasteiger partial charge on any atom is 0.328 e. The van der Waals surface area contributed by atoms with Crippen LogP contribution in [0, 0.1) is 0 Å². The van der Waals surface area contributed by atoms with E-state index in [4.69, 9.17) is 14.9 Å². The first-order chi connectivity index (χ1) is 7.11. The van der Waals surface area contributed by atoms with Crippen LogP contribution in [0.1, 0.15) is 0 Å². The molecule has 7 nitrogen and oxygen atoms in total. The summed E-state index contributed by atoms with van der Waals surface area (Å²) in [5, 5.41) is 22.0. The summed E-state index contributed by atoms with van der Waals surface area (Å²) in [6, 6.07) is -1.25. The van der Waals surface area contributed by atoms with Gasteiger partial charge in [-0.2, -0.15) is 0 Å². The van der Waals surface area contributed by atoms with Crippen LogP contribution in [0.3, 0.4) is 0 Å². The van der Waals surface area contributed by atoms with Gasteiger partial charge in [-0.1, -0.05) is 0 Å². The summed E-state index contributed by atoms with van der Waals surface area (Å²) < 4.78 is 4.74. The quantitative estimate of drug-likeness (QED) is 0.345. The molecule has 4 N–H and O–H groups in total. The number of nitrogens with one attached hydrogen (secondary N) is 2. The predicted molar refractivity (Wildman–Crippen MR) is 51.4 cm³/mol. The number of rotatable bonds is 8. The zero-order valence-corrected chi connectivity index (χ0v) is 8.52. The lowest BCUT2D eigenvalue weighted by Crippen LogP contribution is -2.46. The molecule has 0 saturated carbocycles. The molecule has 0 aromatic rings. The van der Waals surface area contributed by atoms with Gasteiger partial charge in [0.25, 0.3) is 0 Å². The first-order valence-electron chi connectivity index (χ1n) is 4.44. The minimum Gasteiger partial charge on any atom is -0.480 e. The second kappa shape index (κ2) is 8.16. The molecular formula is C8H16N2O5. The molecule has 0 aromatic carbocycles. The normalized spacial score (nSPS) is 12.1. The van der Waals surface area contributed by atoms with Gasteiger partial charge in [0.2, 0.25) is 5.91 Å². The van der Waals surface area contributed by atoms with Crippen LogP contribution in [0.4, 0.5) is 0 Å². The van der Waals surface area contributed by atoms with E-state index in [9.17, 15) is 9.59 Å². The molecule has 1 atom stereocenters. The Morgan fingerprint density at radius 1 is 1.47 bits per heavy atom. The Kier molecular flexibility index (Phi) is 7.51. The molecule has 15 heavy (non-hydrogen) atoms. The summed E-state index contributed by atoms with van der Waals surface area (Å²) in [6.07, 6.45) is 0. The highest BCUT2D eigenvalue weighted by Gasteiger charge is 2.17. The highest BCUT2D eigenvalue weighted by atomic mass is 16.5. The van der Waals surface area contributed by atoms with Gasteiger partial charge in [-0.15, -0.1) is 0 Å². The van der Waals surface area contributed by atoms with Crippen LogP contribution in [-0.2, 0) is 14.3 Å². The number of methoxy groups -OCH3 is 1. The van der Waals surface area contributed by atoms with Crippen molar-refractivity contribution in [1.29, 1.82) is 0 Å². The number of hydrogen-bond donors (Lipinski definition) is 4. The second-order valence-corrected chi connectivity index (χ2v) is 2.81. The summed E-state index contributed by atoms with van der Waals surface area (Å²) in [7, 11) is 1.54. The van der Waals surface area contributed by atoms with Crippen molar-refractivity contribution in [2.75, 3.05) is 33.4 Å². The molecule has 0 aromatic heterocycles. The van der Waals surface area contributed by atoms with E-state index < -0.39 is 24.5 Å². The van der Waals surface area contributed by atoms with E-state index in [1.807, 2.05) is 0 Å². The fraction of sp³-hybridized carbons (Fsp3) is 0.750. The Hall–Kier alpha value is -1.18. The highest BCUT2D eigenvalue weighted by molar-refractivity contribution is 5.84. The Morgan fingerprint density at radius 2 is 2.13 bits per heavy atom. The average Bonchev–Trinajstić information content (AvgIpc) is 2.20. The van der Waals surface area contributed by atoms with E-state index in [1.165, 1.54) is 7.11 Å². The molecule has 0 radical (unpaired) electrons. The number of aliphatic hydroxyl groups is 1. The molecule has 1 amide bonds. The number of carboxylic acids is 1. The van der Waals surface area contributed by atoms with Crippen molar-refractivity contribution < 1.29 is 24.5 Å². The molecule has 88 valence electrons. The molecule has 0 bridgehead atoms. The summed E-state index contributed by atoms with van der Waals surface area (Å²) in [4.78, 5) is 21.5. The van der Waals surface area contributed by atoms with E-state index in [0.29, 0.717) is 13.2 Å². The summed E-state index contributed by atoms with van der Waals surface area (Å²) in [5.74, 6) is -1.74. The van der Waals surface area contributed by atoms with Crippen LogP contribution in [0.15, 0.2) is 0 Å². The number of ether oxygens (including phenoxy) is 1. The van der Waals surface area contributed by atoms with Gasteiger partial charge < -0.3 is 25.6 Å². The van der Waals surface area contributed by atoms with Gasteiger partial charge in [-0.3, -0.25) is 4.79 Å². The first-order valence-corrected chi connectivity index (χ1v) is 4.44. The Labute approximate surface area is 87.4 Å². The number of aliphatic hydroxyl groups excluding tert-OH is 1. The average molecular weight is 220 g/mol. The van der Waals surface area contributed by atoms with E-state index in [1.54, 1.807) is 0 Å². The van der Waals surface area contributed by atoms with Crippen molar-refractivity contribution in [1.82, 2.24) is 10.6 Å². The number of carboxylic acid groups (broad SMARTS) is 1. The van der Waals surface area contributed by atoms with Crippen molar-refractivity contribution in [3.05, 3.63) is 0 Å². The Bertz CT molecular complexity index is 209. The smallest absolute Gasteiger partial charge is 0.328 e.